The predicted octanol–water partition coefficient (Wildman–Crippen LogP) is 2.92. The molecule has 12 heavy (non-hydrogen) atoms. The van der Waals surface area contributed by atoms with Gasteiger partial charge in [0.1, 0.15) is 10.3 Å². The number of rotatable bonds is 3. The van der Waals surface area contributed by atoms with Gasteiger partial charge in [0.2, 0.25) is 0 Å². The van der Waals surface area contributed by atoms with Gasteiger partial charge in [-0.25, -0.2) is 4.98 Å². The molecular weight excluding hydrogens is 197 g/mol. The van der Waals surface area contributed by atoms with Crippen molar-refractivity contribution in [1.29, 1.82) is 0 Å². The predicted molar refractivity (Wildman–Crippen MR) is 49.6 cm³/mol. The maximum Gasteiger partial charge on any atom is 0.136 e. The molecule has 0 aliphatic heterocycles. The molecule has 0 amide bonds. The summed E-state index contributed by atoms with van der Waals surface area (Å²) < 4.78 is 5.17. The third-order valence-corrected chi connectivity index (χ3v) is 1.89. The quantitative estimate of drug-likeness (QED) is 0.709. The molecule has 1 rings (SSSR count). The van der Waals surface area contributed by atoms with Gasteiger partial charge in [-0.2, -0.15) is 0 Å². The number of pyridine rings is 1. The summed E-state index contributed by atoms with van der Waals surface area (Å²) in [5.74, 6) is 0. The SMILES string of the molecule is CCOCc1ccc(Cl)nc1Cl. The minimum atomic E-state index is 0.403. The number of ether oxygens (including phenoxy) is 1. The van der Waals surface area contributed by atoms with Gasteiger partial charge in [0.25, 0.3) is 0 Å². The van der Waals surface area contributed by atoms with Crippen molar-refractivity contribution in [2.75, 3.05) is 6.61 Å². The first kappa shape index (κ1) is 9.78. The monoisotopic (exact) mass is 205 g/mol. The molecule has 0 fully saturated rings. The second-order valence-corrected chi connectivity index (χ2v) is 2.97. The summed E-state index contributed by atoms with van der Waals surface area (Å²) >= 11 is 11.4. The summed E-state index contributed by atoms with van der Waals surface area (Å²) in [5.41, 5.74) is 0.864. The summed E-state index contributed by atoms with van der Waals surface area (Å²) in [5, 5.41) is 0.816. The van der Waals surface area contributed by atoms with Crippen molar-refractivity contribution in [3.63, 3.8) is 0 Å². The van der Waals surface area contributed by atoms with E-state index in [0.29, 0.717) is 23.5 Å². The summed E-state index contributed by atoms with van der Waals surface area (Å²) in [7, 11) is 0. The molecule has 2 nitrogen and oxygen atoms in total. The highest BCUT2D eigenvalue weighted by molar-refractivity contribution is 6.32. The molecule has 0 aliphatic carbocycles. The molecule has 0 radical (unpaired) electrons. The lowest BCUT2D eigenvalue weighted by Crippen LogP contribution is -1.94. The van der Waals surface area contributed by atoms with Crippen LogP contribution in [0.4, 0.5) is 0 Å². The Morgan fingerprint density at radius 2 is 2.17 bits per heavy atom. The molecule has 0 bridgehead atoms. The molecule has 1 aromatic heterocycles. The van der Waals surface area contributed by atoms with Crippen molar-refractivity contribution in [3.8, 4) is 0 Å². The van der Waals surface area contributed by atoms with Crippen LogP contribution in [0.25, 0.3) is 0 Å². The van der Waals surface area contributed by atoms with Gasteiger partial charge >= 0.3 is 0 Å². The first-order valence-electron chi connectivity index (χ1n) is 3.62. The molecule has 0 aliphatic rings. The number of hydrogen-bond acceptors (Lipinski definition) is 2. The zero-order chi connectivity index (χ0) is 8.97. The highest BCUT2D eigenvalue weighted by Gasteiger charge is 2.01. The summed E-state index contributed by atoms with van der Waals surface area (Å²) in [4.78, 5) is 3.88. The van der Waals surface area contributed by atoms with Crippen molar-refractivity contribution in [3.05, 3.63) is 28.0 Å². The van der Waals surface area contributed by atoms with Gasteiger partial charge in [0.05, 0.1) is 6.61 Å². The Balaban J connectivity index is 2.72. The standard InChI is InChI=1S/C8H9Cl2NO/c1-2-12-5-6-3-4-7(9)11-8(6)10/h3-4H,2,5H2,1H3. The van der Waals surface area contributed by atoms with Crippen LogP contribution in [0, 0.1) is 0 Å². The molecule has 0 saturated heterocycles. The van der Waals surface area contributed by atoms with E-state index in [-0.39, 0.29) is 0 Å². The van der Waals surface area contributed by atoms with Crippen molar-refractivity contribution >= 4 is 23.2 Å². The fourth-order valence-corrected chi connectivity index (χ4v) is 1.16. The minimum Gasteiger partial charge on any atom is -0.377 e. The van der Waals surface area contributed by atoms with E-state index in [1.165, 1.54) is 0 Å². The minimum absolute atomic E-state index is 0.403. The Kier molecular flexibility index (Phi) is 3.79. The van der Waals surface area contributed by atoms with E-state index in [4.69, 9.17) is 27.9 Å². The van der Waals surface area contributed by atoms with Gasteiger partial charge in [0, 0.05) is 12.2 Å². The Morgan fingerprint density at radius 1 is 1.42 bits per heavy atom. The highest BCUT2D eigenvalue weighted by Crippen LogP contribution is 2.16. The van der Waals surface area contributed by atoms with Crippen LogP contribution in [0.2, 0.25) is 10.3 Å². The summed E-state index contributed by atoms with van der Waals surface area (Å²) in [6.45, 7) is 3.08. The van der Waals surface area contributed by atoms with Gasteiger partial charge in [-0.1, -0.05) is 29.3 Å². The van der Waals surface area contributed by atoms with E-state index in [9.17, 15) is 0 Å². The lowest BCUT2D eigenvalue weighted by molar-refractivity contribution is 0.134. The van der Waals surface area contributed by atoms with Gasteiger partial charge in [-0.15, -0.1) is 0 Å². The van der Waals surface area contributed by atoms with Gasteiger partial charge < -0.3 is 4.74 Å². The van der Waals surface area contributed by atoms with Crippen LogP contribution in [0.3, 0.4) is 0 Å². The van der Waals surface area contributed by atoms with E-state index in [1.807, 2.05) is 13.0 Å². The van der Waals surface area contributed by atoms with E-state index in [1.54, 1.807) is 6.07 Å². The summed E-state index contributed by atoms with van der Waals surface area (Å²) in [6, 6.07) is 3.51. The van der Waals surface area contributed by atoms with Crippen molar-refractivity contribution < 1.29 is 4.74 Å². The third-order valence-electron chi connectivity index (χ3n) is 1.35. The summed E-state index contributed by atoms with van der Waals surface area (Å²) in [6.07, 6.45) is 0. The Hall–Kier alpha value is -0.310. The maximum atomic E-state index is 5.79. The van der Waals surface area contributed by atoms with Crippen molar-refractivity contribution in [2.24, 2.45) is 0 Å². The van der Waals surface area contributed by atoms with E-state index in [2.05, 4.69) is 4.98 Å². The molecule has 4 heteroatoms. The highest BCUT2D eigenvalue weighted by atomic mass is 35.5. The van der Waals surface area contributed by atoms with Crippen LogP contribution >= 0.6 is 23.2 Å². The van der Waals surface area contributed by atoms with Crippen LogP contribution in [0.1, 0.15) is 12.5 Å². The second kappa shape index (κ2) is 4.65. The maximum absolute atomic E-state index is 5.79. The second-order valence-electron chi connectivity index (χ2n) is 2.22. The molecule has 0 spiro atoms. The lowest BCUT2D eigenvalue weighted by Gasteiger charge is -2.02. The van der Waals surface area contributed by atoms with E-state index >= 15 is 0 Å². The topological polar surface area (TPSA) is 22.1 Å². The Morgan fingerprint density at radius 3 is 2.75 bits per heavy atom. The molecule has 1 heterocycles. The Labute approximate surface area is 81.5 Å². The van der Waals surface area contributed by atoms with Crippen LogP contribution in [-0.4, -0.2) is 11.6 Å². The largest absolute Gasteiger partial charge is 0.377 e. The number of aromatic nitrogens is 1. The average molecular weight is 206 g/mol. The first-order valence-corrected chi connectivity index (χ1v) is 4.38. The Bertz CT molecular complexity index is 265. The van der Waals surface area contributed by atoms with Crippen molar-refractivity contribution in [1.82, 2.24) is 4.98 Å². The number of nitrogens with zero attached hydrogens (tertiary/aromatic N) is 1. The fourth-order valence-electron chi connectivity index (χ4n) is 0.761. The molecule has 0 saturated carbocycles. The lowest BCUT2D eigenvalue weighted by atomic mass is 10.3. The molecule has 0 N–H and O–H groups in total. The molecule has 0 aromatic carbocycles. The van der Waals surface area contributed by atoms with E-state index in [0.717, 1.165) is 5.56 Å². The first-order chi connectivity index (χ1) is 5.74. The molecule has 1 aromatic rings. The van der Waals surface area contributed by atoms with Gasteiger partial charge in [0.15, 0.2) is 0 Å². The van der Waals surface area contributed by atoms with E-state index < -0.39 is 0 Å². The van der Waals surface area contributed by atoms with Crippen LogP contribution in [0.5, 0.6) is 0 Å². The molecule has 0 atom stereocenters. The normalized spacial score (nSPS) is 10.2. The third kappa shape index (κ3) is 2.63. The number of hydrogen-bond donors (Lipinski definition) is 0. The molecule has 0 unspecified atom stereocenters. The number of halogens is 2. The fraction of sp³-hybridized carbons (Fsp3) is 0.375. The van der Waals surface area contributed by atoms with Crippen LogP contribution in [0.15, 0.2) is 12.1 Å². The molecular formula is C8H9Cl2NO. The van der Waals surface area contributed by atoms with Gasteiger partial charge in [-0.3, -0.25) is 0 Å². The van der Waals surface area contributed by atoms with Crippen LogP contribution in [-0.2, 0) is 11.3 Å². The smallest absolute Gasteiger partial charge is 0.136 e. The zero-order valence-corrected chi connectivity index (χ0v) is 8.19. The van der Waals surface area contributed by atoms with Crippen molar-refractivity contribution in [2.45, 2.75) is 13.5 Å². The van der Waals surface area contributed by atoms with Crippen LogP contribution < -0.4 is 0 Å². The molecule has 66 valence electrons. The zero-order valence-electron chi connectivity index (χ0n) is 6.68. The van der Waals surface area contributed by atoms with Gasteiger partial charge in [-0.05, 0) is 13.0 Å². The average Bonchev–Trinajstić information content (AvgIpc) is 2.03.